The summed E-state index contributed by atoms with van der Waals surface area (Å²) < 4.78 is 10.3. The summed E-state index contributed by atoms with van der Waals surface area (Å²) in [5.74, 6) is -1.12. The first-order valence-corrected chi connectivity index (χ1v) is 11.5. The Kier molecular flexibility index (Phi) is 8.10. The van der Waals surface area contributed by atoms with Gasteiger partial charge in [0.2, 0.25) is 12.3 Å². The van der Waals surface area contributed by atoms with E-state index in [-0.39, 0.29) is 31.6 Å². The van der Waals surface area contributed by atoms with Crippen molar-refractivity contribution in [3.05, 3.63) is 0 Å². The highest BCUT2D eigenvalue weighted by Crippen LogP contribution is 2.38. The summed E-state index contributed by atoms with van der Waals surface area (Å²) >= 11 is 0. The lowest BCUT2D eigenvalue weighted by molar-refractivity contribution is -0.159. The number of likely N-dealkylation sites (tertiary alicyclic amines) is 1. The van der Waals surface area contributed by atoms with E-state index in [0.29, 0.717) is 37.0 Å². The molecule has 10 nitrogen and oxygen atoms in total. The molecule has 0 spiro atoms. The number of hydroxylamine groups is 2. The number of rotatable bonds is 9. The van der Waals surface area contributed by atoms with Crippen LogP contribution in [0.3, 0.4) is 0 Å². The lowest BCUT2D eigenvalue weighted by Gasteiger charge is -2.34. The predicted octanol–water partition coefficient (Wildman–Crippen LogP) is 1.70. The first-order chi connectivity index (χ1) is 15.2. The first kappa shape index (κ1) is 24.4. The number of ether oxygens (including phenoxy) is 2. The van der Waals surface area contributed by atoms with Gasteiger partial charge < -0.3 is 14.4 Å². The average molecular weight is 454 g/mol. The molecule has 3 atom stereocenters. The summed E-state index contributed by atoms with van der Waals surface area (Å²) in [4.78, 5) is 51.1. The Morgan fingerprint density at radius 2 is 1.97 bits per heavy atom. The number of carbonyl (C=O) groups is 4. The summed E-state index contributed by atoms with van der Waals surface area (Å²) in [5.41, 5.74) is -0.543. The van der Waals surface area contributed by atoms with E-state index in [9.17, 15) is 24.4 Å². The van der Waals surface area contributed by atoms with Crippen molar-refractivity contribution in [3.8, 4) is 0 Å². The summed E-state index contributed by atoms with van der Waals surface area (Å²) in [6, 6.07) is -0.850. The molecule has 0 aromatic carbocycles. The number of hydrogen-bond acceptors (Lipinski definition) is 7. The standard InChI is InChI=1S/C22H35N3O7/c1-22(2)8-9-25(18(22)19(27)23-21(29)32-13-17-7-10-31-17)20(28)16(12-24(30)14-26)11-15-5-3-4-6-15/h14-18,30H,3-13H2,1-2H3,(H,23,27,29)/t16-,17?,18-/m1/s1. The molecule has 0 aromatic rings. The Hall–Kier alpha value is -2.20. The molecule has 180 valence electrons. The molecule has 0 radical (unpaired) electrons. The molecule has 3 aliphatic rings. The third kappa shape index (κ3) is 5.98. The molecule has 1 aliphatic carbocycles. The van der Waals surface area contributed by atoms with Gasteiger partial charge in [-0.2, -0.15) is 0 Å². The fraction of sp³-hybridized carbons (Fsp3) is 0.818. The van der Waals surface area contributed by atoms with Gasteiger partial charge in [-0.25, -0.2) is 9.86 Å². The van der Waals surface area contributed by atoms with Crippen LogP contribution in [0.1, 0.15) is 58.8 Å². The predicted molar refractivity (Wildman–Crippen MR) is 112 cm³/mol. The number of nitrogens with zero attached hydrogens (tertiary/aromatic N) is 2. The number of carbonyl (C=O) groups excluding carboxylic acids is 4. The molecule has 2 saturated heterocycles. The van der Waals surface area contributed by atoms with Crippen LogP contribution in [0, 0.1) is 17.3 Å². The van der Waals surface area contributed by atoms with Crippen LogP contribution in [-0.2, 0) is 23.9 Å². The molecule has 1 saturated carbocycles. The zero-order chi connectivity index (χ0) is 23.3. The minimum atomic E-state index is -0.856. The number of imide groups is 1. The van der Waals surface area contributed by atoms with Crippen molar-refractivity contribution in [1.82, 2.24) is 15.3 Å². The zero-order valence-corrected chi connectivity index (χ0v) is 19.0. The largest absolute Gasteiger partial charge is 0.446 e. The number of hydrogen-bond donors (Lipinski definition) is 2. The van der Waals surface area contributed by atoms with E-state index in [1.807, 2.05) is 13.8 Å². The second-order valence-corrected chi connectivity index (χ2v) is 9.85. The molecule has 1 unspecified atom stereocenters. The highest BCUT2D eigenvalue weighted by Gasteiger charge is 2.49. The summed E-state index contributed by atoms with van der Waals surface area (Å²) in [6.45, 7) is 4.73. The van der Waals surface area contributed by atoms with E-state index >= 15 is 0 Å². The summed E-state index contributed by atoms with van der Waals surface area (Å²) in [6.07, 6.45) is 5.50. The SMILES string of the molecule is CC1(C)CCN(C(=O)[C@H](CC2CCCC2)CN(O)C=O)[C@@H]1C(=O)NC(=O)OCC1CCO1. The van der Waals surface area contributed by atoms with Crippen LogP contribution < -0.4 is 5.32 Å². The maximum atomic E-state index is 13.5. The Labute approximate surface area is 188 Å². The third-order valence-electron chi connectivity index (χ3n) is 6.97. The Balaban J connectivity index is 1.67. The lowest BCUT2D eigenvalue weighted by atomic mass is 9.84. The smallest absolute Gasteiger partial charge is 0.413 e. The van der Waals surface area contributed by atoms with Crippen molar-refractivity contribution < 1.29 is 33.9 Å². The van der Waals surface area contributed by atoms with Crippen LogP contribution in [-0.4, -0.2) is 77.9 Å². The fourth-order valence-corrected chi connectivity index (χ4v) is 5.03. The minimum Gasteiger partial charge on any atom is -0.446 e. The van der Waals surface area contributed by atoms with E-state index in [4.69, 9.17) is 9.47 Å². The van der Waals surface area contributed by atoms with E-state index in [0.717, 1.165) is 32.1 Å². The van der Waals surface area contributed by atoms with Crippen molar-refractivity contribution in [1.29, 1.82) is 0 Å². The van der Waals surface area contributed by atoms with Gasteiger partial charge in [-0.3, -0.25) is 24.9 Å². The zero-order valence-electron chi connectivity index (χ0n) is 19.0. The van der Waals surface area contributed by atoms with Crippen molar-refractivity contribution in [2.45, 2.75) is 70.9 Å². The molecule has 10 heteroatoms. The number of alkyl carbamates (subject to hydrolysis) is 1. The van der Waals surface area contributed by atoms with Crippen LogP contribution in [0.25, 0.3) is 0 Å². The van der Waals surface area contributed by atoms with E-state index in [1.165, 1.54) is 4.90 Å². The quantitative estimate of drug-likeness (QED) is 0.309. The van der Waals surface area contributed by atoms with Crippen LogP contribution >= 0.6 is 0 Å². The maximum absolute atomic E-state index is 13.5. The normalized spacial score (nSPS) is 25.7. The van der Waals surface area contributed by atoms with E-state index < -0.39 is 29.4 Å². The van der Waals surface area contributed by atoms with Crippen LogP contribution in [0.5, 0.6) is 0 Å². The summed E-state index contributed by atoms with van der Waals surface area (Å²) in [5, 5.41) is 12.5. The monoisotopic (exact) mass is 453 g/mol. The molecular weight excluding hydrogens is 418 g/mol. The van der Waals surface area contributed by atoms with E-state index in [1.54, 1.807) is 0 Å². The Bertz CT molecular complexity index is 704. The van der Waals surface area contributed by atoms with Crippen molar-refractivity contribution in [3.63, 3.8) is 0 Å². The lowest BCUT2D eigenvalue weighted by Crippen LogP contribution is -2.54. The van der Waals surface area contributed by atoms with Crippen LogP contribution in [0.2, 0.25) is 0 Å². The second-order valence-electron chi connectivity index (χ2n) is 9.85. The van der Waals surface area contributed by atoms with Crippen molar-refractivity contribution in [2.24, 2.45) is 17.3 Å². The maximum Gasteiger partial charge on any atom is 0.413 e. The topological polar surface area (TPSA) is 125 Å². The number of nitrogens with one attached hydrogen (secondary N) is 1. The highest BCUT2D eigenvalue weighted by molar-refractivity contribution is 5.98. The summed E-state index contributed by atoms with van der Waals surface area (Å²) in [7, 11) is 0. The molecule has 0 aromatic heterocycles. The van der Waals surface area contributed by atoms with Gasteiger partial charge in [0.1, 0.15) is 12.6 Å². The first-order valence-electron chi connectivity index (χ1n) is 11.5. The Morgan fingerprint density at radius 1 is 1.28 bits per heavy atom. The minimum absolute atomic E-state index is 0.0807. The van der Waals surface area contributed by atoms with Crippen LogP contribution in [0.15, 0.2) is 0 Å². The van der Waals surface area contributed by atoms with Gasteiger partial charge in [0, 0.05) is 19.6 Å². The van der Waals surface area contributed by atoms with Gasteiger partial charge in [-0.15, -0.1) is 0 Å². The van der Waals surface area contributed by atoms with Crippen LogP contribution in [0.4, 0.5) is 4.79 Å². The van der Waals surface area contributed by atoms with Gasteiger partial charge in [0.15, 0.2) is 0 Å². The van der Waals surface area contributed by atoms with Crippen molar-refractivity contribution in [2.75, 3.05) is 26.3 Å². The van der Waals surface area contributed by atoms with E-state index in [2.05, 4.69) is 5.32 Å². The van der Waals surface area contributed by atoms with Crippen molar-refractivity contribution >= 4 is 24.3 Å². The third-order valence-corrected chi connectivity index (χ3v) is 6.97. The average Bonchev–Trinajstić information content (AvgIpc) is 3.32. The molecule has 3 rings (SSSR count). The number of amides is 4. The molecule has 2 heterocycles. The fourth-order valence-electron chi connectivity index (χ4n) is 5.03. The molecule has 4 amide bonds. The molecular formula is C22H35N3O7. The van der Waals surface area contributed by atoms with Gasteiger partial charge in [0.25, 0.3) is 5.91 Å². The molecule has 3 fully saturated rings. The van der Waals surface area contributed by atoms with Gasteiger partial charge in [0.05, 0.1) is 18.6 Å². The van der Waals surface area contributed by atoms with Gasteiger partial charge >= 0.3 is 6.09 Å². The second kappa shape index (κ2) is 10.6. The Morgan fingerprint density at radius 3 is 2.56 bits per heavy atom. The molecule has 2 N–H and O–H groups in total. The van der Waals surface area contributed by atoms with Gasteiger partial charge in [-0.05, 0) is 24.2 Å². The highest BCUT2D eigenvalue weighted by atomic mass is 16.6. The van der Waals surface area contributed by atoms with Gasteiger partial charge in [-0.1, -0.05) is 39.5 Å². The molecule has 2 aliphatic heterocycles. The molecule has 32 heavy (non-hydrogen) atoms. The molecule has 0 bridgehead atoms.